The Morgan fingerprint density at radius 1 is 1.20 bits per heavy atom. The molecule has 0 N–H and O–H groups in total. The SMILES string of the molecule is CC(C)(C)C(=O)C(=O)Cc1ccncc1. The van der Waals surface area contributed by atoms with Gasteiger partial charge in [-0.15, -0.1) is 0 Å². The largest absolute Gasteiger partial charge is 0.290 e. The quantitative estimate of drug-likeness (QED) is 0.707. The average molecular weight is 205 g/mol. The number of pyridine rings is 1. The van der Waals surface area contributed by atoms with E-state index in [1.807, 2.05) is 0 Å². The number of hydrogen-bond donors (Lipinski definition) is 0. The lowest BCUT2D eigenvalue weighted by Crippen LogP contribution is -2.29. The van der Waals surface area contributed by atoms with E-state index in [9.17, 15) is 9.59 Å². The fourth-order valence-electron chi connectivity index (χ4n) is 1.18. The molecular formula is C12H15NO2. The Morgan fingerprint density at radius 2 is 1.73 bits per heavy atom. The van der Waals surface area contributed by atoms with E-state index in [1.165, 1.54) is 0 Å². The van der Waals surface area contributed by atoms with E-state index in [0.29, 0.717) is 0 Å². The van der Waals surface area contributed by atoms with Gasteiger partial charge in [0, 0.05) is 24.2 Å². The monoisotopic (exact) mass is 205 g/mol. The highest BCUT2D eigenvalue weighted by Gasteiger charge is 2.27. The van der Waals surface area contributed by atoms with Crippen molar-refractivity contribution >= 4 is 11.6 Å². The van der Waals surface area contributed by atoms with Gasteiger partial charge in [-0.2, -0.15) is 0 Å². The molecule has 0 saturated heterocycles. The van der Waals surface area contributed by atoms with Crippen LogP contribution >= 0.6 is 0 Å². The molecule has 0 aliphatic carbocycles. The summed E-state index contributed by atoms with van der Waals surface area (Å²) in [5, 5.41) is 0. The highest BCUT2D eigenvalue weighted by molar-refractivity contribution is 6.39. The topological polar surface area (TPSA) is 47.0 Å². The van der Waals surface area contributed by atoms with Gasteiger partial charge >= 0.3 is 0 Å². The first-order valence-corrected chi connectivity index (χ1v) is 4.88. The first kappa shape index (κ1) is 11.6. The van der Waals surface area contributed by atoms with Crippen molar-refractivity contribution in [3.05, 3.63) is 30.1 Å². The van der Waals surface area contributed by atoms with E-state index >= 15 is 0 Å². The summed E-state index contributed by atoms with van der Waals surface area (Å²) in [5.41, 5.74) is 0.233. The van der Waals surface area contributed by atoms with Gasteiger partial charge in [0.1, 0.15) is 0 Å². The molecule has 0 amide bonds. The van der Waals surface area contributed by atoms with Gasteiger partial charge in [-0.1, -0.05) is 20.8 Å². The van der Waals surface area contributed by atoms with Crippen molar-refractivity contribution in [2.24, 2.45) is 5.41 Å². The molecule has 0 fully saturated rings. The minimum Gasteiger partial charge on any atom is -0.290 e. The van der Waals surface area contributed by atoms with Crippen molar-refractivity contribution in [2.75, 3.05) is 0 Å². The predicted octanol–water partition coefficient (Wildman–Crippen LogP) is 1.81. The van der Waals surface area contributed by atoms with Gasteiger partial charge in [-0.25, -0.2) is 0 Å². The molecule has 80 valence electrons. The molecule has 0 radical (unpaired) electrons. The second-order valence-corrected chi connectivity index (χ2v) is 4.53. The zero-order chi connectivity index (χ0) is 11.5. The molecule has 0 aliphatic heterocycles. The molecule has 0 saturated carbocycles. The highest BCUT2D eigenvalue weighted by atomic mass is 16.2. The van der Waals surface area contributed by atoms with E-state index in [0.717, 1.165) is 5.56 Å². The molecule has 1 rings (SSSR count). The summed E-state index contributed by atoms with van der Waals surface area (Å²) in [4.78, 5) is 27.0. The van der Waals surface area contributed by atoms with Crippen molar-refractivity contribution in [2.45, 2.75) is 27.2 Å². The van der Waals surface area contributed by atoms with E-state index in [4.69, 9.17) is 0 Å². The van der Waals surface area contributed by atoms with Crippen molar-refractivity contribution in [3.8, 4) is 0 Å². The molecule has 0 bridgehead atoms. The van der Waals surface area contributed by atoms with Gasteiger partial charge in [0.05, 0.1) is 0 Å². The molecule has 0 unspecified atom stereocenters. The van der Waals surface area contributed by atoms with Crippen LogP contribution in [0.2, 0.25) is 0 Å². The summed E-state index contributed by atoms with van der Waals surface area (Å²) < 4.78 is 0. The van der Waals surface area contributed by atoms with Crippen LogP contribution in [0.4, 0.5) is 0 Å². The van der Waals surface area contributed by atoms with Gasteiger partial charge in [0.25, 0.3) is 0 Å². The summed E-state index contributed by atoms with van der Waals surface area (Å²) in [6.07, 6.45) is 3.40. The molecule has 0 aliphatic rings. The maximum Gasteiger partial charge on any atom is 0.204 e. The molecule has 0 spiro atoms. The second-order valence-electron chi connectivity index (χ2n) is 4.53. The summed E-state index contributed by atoms with van der Waals surface area (Å²) in [6.45, 7) is 5.25. The number of hydrogen-bond acceptors (Lipinski definition) is 3. The first-order chi connectivity index (χ1) is 6.91. The lowest BCUT2D eigenvalue weighted by Gasteiger charge is -2.14. The second kappa shape index (κ2) is 4.34. The van der Waals surface area contributed by atoms with E-state index in [2.05, 4.69) is 4.98 Å². The fourth-order valence-corrected chi connectivity index (χ4v) is 1.18. The van der Waals surface area contributed by atoms with Crippen LogP contribution in [-0.2, 0) is 16.0 Å². The summed E-state index contributed by atoms with van der Waals surface area (Å²) in [5.74, 6) is -0.659. The number of nitrogens with zero attached hydrogens (tertiary/aromatic N) is 1. The van der Waals surface area contributed by atoms with Crippen molar-refractivity contribution in [1.82, 2.24) is 4.98 Å². The molecule has 1 heterocycles. The van der Waals surface area contributed by atoms with Crippen molar-refractivity contribution in [3.63, 3.8) is 0 Å². The van der Waals surface area contributed by atoms with E-state index < -0.39 is 5.41 Å². The number of ketones is 2. The third kappa shape index (κ3) is 3.27. The summed E-state index contributed by atoms with van der Waals surface area (Å²) in [7, 11) is 0. The zero-order valence-corrected chi connectivity index (χ0v) is 9.28. The van der Waals surface area contributed by atoms with Crippen molar-refractivity contribution < 1.29 is 9.59 Å². The fraction of sp³-hybridized carbons (Fsp3) is 0.417. The Labute approximate surface area is 89.5 Å². The minimum absolute atomic E-state index is 0.165. The van der Waals surface area contributed by atoms with Gasteiger partial charge < -0.3 is 0 Å². The number of Topliss-reactive ketones (excluding diaryl/α,β-unsaturated/α-hetero) is 2. The zero-order valence-electron chi connectivity index (χ0n) is 9.28. The van der Waals surface area contributed by atoms with Crippen LogP contribution < -0.4 is 0 Å². The predicted molar refractivity (Wildman–Crippen MR) is 57.4 cm³/mol. The van der Waals surface area contributed by atoms with Crippen LogP contribution in [0, 0.1) is 5.41 Å². The maximum absolute atomic E-state index is 11.6. The number of rotatable bonds is 3. The van der Waals surface area contributed by atoms with Crippen LogP contribution in [0.15, 0.2) is 24.5 Å². The van der Waals surface area contributed by atoms with Gasteiger partial charge in [-0.05, 0) is 17.7 Å². The highest BCUT2D eigenvalue weighted by Crippen LogP contribution is 2.16. The third-order valence-corrected chi connectivity index (χ3v) is 2.05. The number of carbonyl (C=O) groups excluding carboxylic acids is 2. The van der Waals surface area contributed by atoms with Crippen LogP contribution in [-0.4, -0.2) is 16.6 Å². The van der Waals surface area contributed by atoms with Gasteiger partial charge in [0.15, 0.2) is 0 Å². The van der Waals surface area contributed by atoms with Crippen LogP contribution in [0.1, 0.15) is 26.3 Å². The Morgan fingerprint density at radius 3 is 2.20 bits per heavy atom. The first-order valence-electron chi connectivity index (χ1n) is 4.88. The van der Waals surface area contributed by atoms with E-state index in [1.54, 1.807) is 45.3 Å². The molecule has 15 heavy (non-hydrogen) atoms. The Balaban J connectivity index is 2.69. The smallest absolute Gasteiger partial charge is 0.204 e. The Bertz CT molecular complexity index is 363. The van der Waals surface area contributed by atoms with Crippen molar-refractivity contribution in [1.29, 1.82) is 0 Å². The maximum atomic E-state index is 11.6. The lowest BCUT2D eigenvalue weighted by atomic mass is 9.87. The standard InChI is InChI=1S/C12H15NO2/c1-12(2,3)11(15)10(14)8-9-4-6-13-7-5-9/h4-7H,8H2,1-3H3. The molecule has 0 atom stereocenters. The Hall–Kier alpha value is -1.51. The summed E-state index contributed by atoms with van der Waals surface area (Å²) >= 11 is 0. The van der Waals surface area contributed by atoms with Gasteiger partial charge in [-0.3, -0.25) is 14.6 Å². The molecule has 1 aromatic rings. The lowest BCUT2D eigenvalue weighted by molar-refractivity contribution is -0.140. The molecule has 0 aromatic carbocycles. The van der Waals surface area contributed by atoms with Gasteiger partial charge in [0.2, 0.25) is 11.6 Å². The Kier molecular flexibility index (Phi) is 3.35. The van der Waals surface area contributed by atoms with Crippen LogP contribution in [0.5, 0.6) is 0 Å². The summed E-state index contributed by atoms with van der Waals surface area (Å²) in [6, 6.07) is 3.49. The average Bonchev–Trinajstić information content (AvgIpc) is 2.16. The van der Waals surface area contributed by atoms with E-state index in [-0.39, 0.29) is 18.0 Å². The normalized spacial score (nSPS) is 11.1. The van der Waals surface area contributed by atoms with Crippen LogP contribution in [0.3, 0.4) is 0 Å². The molecular weight excluding hydrogens is 190 g/mol. The number of aromatic nitrogens is 1. The molecule has 1 aromatic heterocycles. The molecule has 3 heteroatoms. The van der Waals surface area contributed by atoms with Crippen LogP contribution in [0.25, 0.3) is 0 Å². The third-order valence-electron chi connectivity index (χ3n) is 2.05. The molecule has 3 nitrogen and oxygen atoms in total. The minimum atomic E-state index is -0.593. The number of carbonyl (C=O) groups is 2.